The number of pyridine rings is 1. The van der Waals surface area contributed by atoms with Crippen LogP contribution in [-0.2, 0) is 6.61 Å². The van der Waals surface area contributed by atoms with Crippen LogP contribution in [0, 0.1) is 31.0 Å². The van der Waals surface area contributed by atoms with Crippen molar-refractivity contribution >= 4 is 5.69 Å². The maximum atomic E-state index is 13.4. The van der Waals surface area contributed by atoms with Crippen molar-refractivity contribution in [3.8, 4) is 11.8 Å². The van der Waals surface area contributed by atoms with Crippen LogP contribution in [0.5, 0.6) is 5.75 Å². The summed E-state index contributed by atoms with van der Waals surface area (Å²) in [7, 11) is 0. The third kappa shape index (κ3) is 2.54. The fraction of sp³-hybridized carbons (Fsp3) is 0.200. The van der Waals surface area contributed by atoms with Gasteiger partial charge in [-0.25, -0.2) is 4.39 Å². The highest BCUT2D eigenvalue weighted by Crippen LogP contribution is 2.23. The molecule has 0 saturated carbocycles. The Hall–Kier alpha value is -2.61. The second-order valence-corrected chi connectivity index (χ2v) is 4.44. The number of halogens is 1. The molecule has 2 aromatic rings. The minimum absolute atomic E-state index is 0.106. The zero-order chi connectivity index (χ0) is 14.7. The Kier molecular flexibility index (Phi) is 3.85. The summed E-state index contributed by atoms with van der Waals surface area (Å²) in [4.78, 5) is 4.25. The number of nitrogens with zero attached hydrogens (tertiary/aromatic N) is 2. The Morgan fingerprint density at radius 2 is 2.15 bits per heavy atom. The first-order valence-corrected chi connectivity index (χ1v) is 6.06. The van der Waals surface area contributed by atoms with Crippen molar-refractivity contribution in [3.05, 3.63) is 52.6 Å². The van der Waals surface area contributed by atoms with Gasteiger partial charge in [-0.1, -0.05) is 6.07 Å². The summed E-state index contributed by atoms with van der Waals surface area (Å²) >= 11 is 0. The highest BCUT2D eigenvalue weighted by atomic mass is 19.1. The fourth-order valence-corrected chi connectivity index (χ4v) is 1.82. The maximum absolute atomic E-state index is 13.4. The lowest BCUT2D eigenvalue weighted by molar-refractivity contribution is 0.298. The molecule has 0 amide bonds. The first-order valence-electron chi connectivity index (χ1n) is 6.06. The average molecular weight is 271 g/mol. The number of hydrogen-bond acceptors (Lipinski definition) is 4. The summed E-state index contributed by atoms with van der Waals surface area (Å²) in [6.07, 6.45) is 1.66. The van der Waals surface area contributed by atoms with Crippen LogP contribution < -0.4 is 10.5 Å². The van der Waals surface area contributed by atoms with Gasteiger partial charge in [-0.2, -0.15) is 5.26 Å². The zero-order valence-electron chi connectivity index (χ0n) is 11.3. The Bertz CT molecular complexity index is 692. The summed E-state index contributed by atoms with van der Waals surface area (Å²) in [5.41, 5.74) is 8.88. The van der Waals surface area contributed by atoms with Gasteiger partial charge in [-0.3, -0.25) is 4.98 Å². The molecular formula is C15H14FN3O. The van der Waals surface area contributed by atoms with Gasteiger partial charge >= 0.3 is 0 Å². The SMILES string of the molecule is Cc1cnc(COc2cccc(F)c2C#N)c(C)c1N. The van der Waals surface area contributed by atoms with Gasteiger partial charge in [-0.15, -0.1) is 0 Å². The van der Waals surface area contributed by atoms with Gasteiger partial charge in [0.05, 0.1) is 5.69 Å². The van der Waals surface area contributed by atoms with Crippen LogP contribution in [0.25, 0.3) is 0 Å². The van der Waals surface area contributed by atoms with E-state index >= 15 is 0 Å². The van der Waals surface area contributed by atoms with E-state index in [2.05, 4.69) is 4.98 Å². The molecule has 2 N–H and O–H groups in total. The molecule has 0 spiro atoms. The van der Waals surface area contributed by atoms with Crippen molar-refractivity contribution < 1.29 is 9.13 Å². The molecule has 1 heterocycles. The van der Waals surface area contributed by atoms with Crippen molar-refractivity contribution in [1.29, 1.82) is 5.26 Å². The Labute approximate surface area is 116 Å². The smallest absolute Gasteiger partial charge is 0.144 e. The van der Waals surface area contributed by atoms with Gasteiger partial charge in [0.25, 0.3) is 0 Å². The van der Waals surface area contributed by atoms with Crippen LogP contribution in [0.3, 0.4) is 0 Å². The van der Waals surface area contributed by atoms with Gasteiger partial charge in [0.15, 0.2) is 0 Å². The van der Waals surface area contributed by atoms with Crippen LogP contribution in [-0.4, -0.2) is 4.98 Å². The number of aryl methyl sites for hydroxylation is 1. The molecule has 5 heteroatoms. The summed E-state index contributed by atoms with van der Waals surface area (Å²) in [5.74, 6) is -0.397. The van der Waals surface area contributed by atoms with Crippen molar-refractivity contribution in [1.82, 2.24) is 4.98 Å². The largest absolute Gasteiger partial charge is 0.486 e. The van der Waals surface area contributed by atoms with E-state index in [-0.39, 0.29) is 17.9 Å². The number of benzene rings is 1. The number of aromatic nitrogens is 1. The van der Waals surface area contributed by atoms with Gasteiger partial charge in [0, 0.05) is 11.9 Å². The lowest BCUT2D eigenvalue weighted by Gasteiger charge is -2.12. The van der Waals surface area contributed by atoms with E-state index in [4.69, 9.17) is 15.7 Å². The molecule has 0 aliphatic carbocycles. The molecule has 1 aromatic heterocycles. The molecule has 0 atom stereocenters. The standard InChI is InChI=1S/C15H14FN3O/c1-9-7-19-13(10(2)15(9)18)8-20-14-5-3-4-12(16)11(14)6-17/h3-5,7H,8H2,1-2H3,(H2,18,19). The monoisotopic (exact) mass is 271 g/mol. The molecule has 2 rings (SSSR count). The number of nitriles is 1. The van der Waals surface area contributed by atoms with Crippen molar-refractivity contribution in [2.45, 2.75) is 20.5 Å². The number of nitrogen functional groups attached to an aromatic ring is 1. The van der Waals surface area contributed by atoms with Crippen LogP contribution in [0.1, 0.15) is 22.4 Å². The highest BCUT2D eigenvalue weighted by molar-refractivity contribution is 5.53. The first-order chi connectivity index (χ1) is 9.54. The molecule has 4 nitrogen and oxygen atoms in total. The summed E-state index contributed by atoms with van der Waals surface area (Å²) in [6.45, 7) is 3.86. The van der Waals surface area contributed by atoms with Gasteiger partial charge in [-0.05, 0) is 37.1 Å². The molecule has 0 aliphatic rings. The van der Waals surface area contributed by atoms with Gasteiger partial charge in [0.1, 0.15) is 29.8 Å². The molecule has 20 heavy (non-hydrogen) atoms. The number of anilines is 1. The summed E-state index contributed by atoms with van der Waals surface area (Å²) in [5, 5.41) is 8.93. The molecule has 0 radical (unpaired) electrons. The molecule has 102 valence electrons. The Morgan fingerprint density at radius 3 is 2.85 bits per heavy atom. The molecule has 0 bridgehead atoms. The van der Waals surface area contributed by atoms with Crippen molar-refractivity contribution in [3.63, 3.8) is 0 Å². The van der Waals surface area contributed by atoms with E-state index in [1.54, 1.807) is 18.3 Å². The third-order valence-corrected chi connectivity index (χ3v) is 3.13. The molecule has 0 aliphatic heterocycles. The maximum Gasteiger partial charge on any atom is 0.144 e. The Balaban J connectivity index is 2.24. The predicted octanol–water partition coefficient (Wildman–Crippen LogP) is 2.87. The second-order valence-electron chi connectivity index (χ2n) is 4.44. The van der Waals surface area contributed by atoms with Crippen LogP contribution in [0.4, 0.5) is 10.1 Å². The number of rotatable bonds is 3. The quantitative estimate of drug-likeness (QED) is 0.931. The number of nitrogens with two attached hydrogens (primary N) is 1. The van der Waals surface area contributed by atoms with E-state index in [9.17, 15) is 4.39 Å². The topological polar surface area (TPSA) is 71.9 Å². The first kappa shape index (κ1) is 13.8. The van der Waals surface area contributed by atoms with Gasteiger partial charge < -0.3 is 10.5 Å². The lowest BCUT2D eigenvalue weighted by Crippen LogP contribution is -2.06. The summed E-state index contributed by atoms with van der Waals surface area (Å²) in [6, 6.07) is 6.06. The molecule has 1 aromatic carbocycles. The normalized spacial score (nSPS) is 10.1. The van der Waals surface area contributed by atoms with Crippen molar-refractivity contribution in [2.24, 2.45) is 0 Å². The van der Waals surface area contributed by atoms with Crippen LogP contribution >= 0.6 is 0 Å². The lowest BCUT2D eigenvalue weighted by atomic mass is 10.1. The third-order valence-electron chi connectivity index (χ3n) is 3.13. The molecular weight excluding hydrogens is 257 g/mol. The average Bonchev–Trinajstić information content (AvgIpc) is 2.44. The minimum Gasteiger partial charge on any atom is -0.486 e. The minimum atomic E-state index is -0.599. The molecule has 0 fully saturated rings. The predicted molar refractivity (Wildman–Crippen MR) is 73.6 cm³/mol. The highest BCUT2D eigenvalue weighted by Gasteiger charge is 2.11. The fourth-order valence-electron chi connectivity index (χ4n) is 1.82. The van der Waals surface area contributed by atoms with E-state index in [0.717, 1.165) is 11.1 Å². The molecule has 0 unspecified atom stereocenters. The van der Waals surface area contributed by atoms with E-state index in [0.29, 0.717) is 11.4 Å². The van der Waals surface area contributed by atoms with E-state index in [1.165, 1.54) is 12.1 Å². The summed E-state index contributed by atoms with van der Waals surface area (Å²) < 4.78 is 18.9. The van der Waals surface area contributed by atoms with Crippen molar-refractivity contribution in [2.75, 3.05) is 5.73 Å². The number of ether oxygens (including phenoxy) is 1. The van der Waals surface area contributed by atoms with Gasteiger partial charge in [0.2, 0.25) is 0 Å². The second kappa shape index (κ2) is 5.57. The van der Waals surface area contributed by atoms with E-state index < -0.39 is 5.82 Å². The zero-order valence-corrected chi connectivity index (χ0v) is 11.3. The number of hydrogen-bond donors (Lipinski definition) is 1. The Morgan fingerprint density at radius 1 is 1.40 bits per heavy atom. The molecule has 0 saturated heterocycles. The van der Waals surface area contributed by atoms with Crippen LogP contribution in [0.2, 0.25) is 0 Å². The van der Waals surface area contributed by atoms with Crippen LogP contribution in [0.15, 0.2) is 24.4 Å². The van der Waals surface area contributed by atoms with E-state index in [1.807, 2.05) is 13.8 Å².